The summed E-state index contributed by atoms with van der Waals surface area (Å²) < 4.78 is 2.26. The minimum atomic E-state index is 0.166. The Morgan fingerprint density at radius 3 is 2.65 bits per heavy atom. The van der Waals surface area contributed by atoms with Crippen LogP contribution >= 0.6 is 0 Å². The van der Waals surface area contributed by atoms with Crippen molar-refractivity contribution in [2.75, 3.05) is 18.8 Å². The van der Waals surface area contributed by atoms with Crippen molar-refractivity contribution in [3.05, 3.63) is 36.3 Å². The molecular formula is C19H20N6O. The highest BCUT2D eigenvalue weighted by Crippen LogP contribution is 2.56. The van der Waals surface area contributed by atoms with Crippen LogP contribution in [-0.2, 0) is 4.79 Å². The molecular weight excluding hydrogens is 328 g/mol. The van der Waals surface area contributed by atoms with Crippen molar-refractivity contribution in [2.45, 2.75) is 19.9 Å². The van der Waals surface area contributed by atoms with Crippen molar-refractivity contribution in [1.82, 2.24) is 24.4 Å². The Morgan fingerprint density at radius 1 is 1.19 bits per heavy atom. The van der Waals surface area contributed by atoms with Crippen molar-refractivity contribution < 1.29 is 4.79 Å². The molecule has 1 saturated carbocycles. The number of imidazole rings is 1. The maximum atomic E-state index is 11.6. The van der Waals surface area contributed by atoms with Gasteiger partial charge in [-0.2, -0.15) is 0 Å². The topological polar surface area (TPSA) is 89.9 Å². The summed E-state index contributed by atoms with van der Waals surface area (Å²) in [6.45, 7) is 5.35. The fraction of sp³-hybridized carbons (Fsp3) is 0.368. The van der Waals surface area contributed by atoms with Gasteiger partial charge in [-0.15, -0.1) is 0 Å². The van der Waals surface area contributed by atoms with E-state index in [2.05, 4.69) is 9.55 Å². The second-order valence-corrected chi connectivity index (χ2v) is 7.28. The molecule has 7 nitrogen and oxygen atoms in total. The lowest BCUT2D eigenvalue weighted by molar-refractivity contribution is -0.128. The van der Waals surface area contributed by atoms with Crippen molar-refractivity contribution in [1.29, 1.82) is 0 Å². The number of fused-ring (bicyclic) bond motifs is 2. The molecule has 3 aromatic rings. The molecule has 0 aromatic carbocycles. The molecule has 2 fully saturated rings. The van der Waals surface area contributed by atoms with Crippen LogP contribution in [-0.4, -0.2) is 43.4 Å². The summed E-state index contributed by atoms with van der Waals surface area (Å²) in [6.07, 6.45) is 1.70. The van der Waals surface area contributed by atoms with Crippen molar-refractivity contribution in [3.8, 4) is 11.3 Å². The number of aryl methyl sites for hydroxylation is 1. The second kappa shape index (κ2) is 5.27. The van der Waals surface area contributed by atoms with Crippen LogP contribution in [0.25, 0.3) is 22.4 Å². The largest absolute Gasteiger partial charge is 0.384 e. The molecule has 0 spiro atoms. The maximum Gasteiger partial charge on any atom is 0.219 e. The Hall–Kier alpha value is -2.96. The number of carbonyl (C=O) groups excluding carboxylic acids is 1. The van der Waals surface area contributed by atoms with Crippen LogP contribution in [0.1, 0.15) is 18.8 Å². The van der Waals surface area contributed by atoms with Crippen LogP contribution in [0.4, 0.5) is 5.82 Å². The molecule has 1 aliphatic heterocycles. The van der Waals surface area contributed by atoms with Crippen molar-refractivity contribution in [2.24, 2.45) is 11.8 Å². The molecule has 3 atom stereocenters. The number of hydrogen-bond acceptors (Lipinski definition) is 5. The molecule has 2 N–H and O–H groups in total. The molecule has 2 aliphatic rings. The summed E-state index contributed by atoms with van der Waals surface area (Å²) in [4.78, 5) is 27.2. The average molecular weight is 348 g/mol. The number of rotatable bonds is 2. The van der Waals surface area contributed by atoms with Crippen LogP contribution in [0.15, 0.2) is 30.5 Å². The summed E-state index contributed by atoms with van der Waals surface area (Å²) in [5.41, 5.74) is 9.44. The lowest BCUT2D eigenvalue weighted by atomic mass is 10.1. The van der Waals surface area contributed by atoms with Crippen molar-refractivity contribution >= 4 is 22.9 Å². The van der Waals surface area contributed by atoms with Crippen LogP contribution in [0.2, 0.25) is 0 Å². The van der Waals surface area contributed by atoms with E-state index in [1.807, 2.05) is 36.1 Å². The predicted molar refractivity (Wildman–Crippen MR) is 98.2 cm³/mol. The molecule has 1 saturated heterocycles. The van der Waals surface area contributed by atoms with Crippen molar-refractivity contribution in [3.63, 3.8) is 0 Å². The number of nitrogens with zero attached hydrogens (tertiary/aromatic N) is 5. The van der Waals surface area contributed by atoms with Gasteiger partial charge in [0.05, 0.1) is 5.69 Å². The summed E-state index contributed by atoms with van der Waals surface area (Å²) in [6, 6.07) is 8.12. The maximum absolute atomic E-state index is 11.6. The van der Waals surface area contributed by atoms with E-state index >= 15 is 0 Å². The third kappa shape index (κ3) is 2.20. The van der Waals surface area contributed by atoms with E-state index in [1.165, 1.54) is 0 Å². The molecule has 0 unspecified atom stereocenters. The zero-order valence-electron chi connectivity index (χ0n) is 14.8. The van der Waals surface area contributed by atoms with E-state index in [4.69, 9.17) is 15.7 Å². The van der Waals surface area contributed by atoms with E-state index in [1.54, 1.807) is 13.1 Å². The highest BCUT2D eigenvalue weighted by molar-refractivity contribution is 5.77. The summed E-state index contributed by atoms with van der Waals surface area (Å²) >= 11 is 0. The fourth-order valence-corrected chi connectivity index (χ4v) is 4.35. The molecule has 4 heterocycles. The molecule has 7 heteroatoms. The first-order valence-electron chi connectivity index (χ1n) is 8.86. The molecule has 0 bridgehead atoms. The standard InChI is InChI=1S/C19H20N6O/c1-10-22-16-4-3-15(12-5-6-21-17(20)7-12)23-19(16)25(10)18-13-8-24(11(2)26)9-14(13)18/h3-7,13-14,18H,8-9H2,1-2H3,(H2,20,21)/t13-,14+,18-. The van der Waals surface area contributed by atoms with E-state index in [0.29, 0.717) is 23.7 Å². The minimum Gasteiger partial charge on any atom is -0.384 e. The molecule has 0 radical (unpaired) electrons. The van der Waals surface area contributed by atoms with Gasteiger partial charge in [-0.05, 0) is 31.2 Å². The Kier molecular flexibility index (Phi) is 3.10. The molecule has 3 aromatic heterocycles. The van der Waals surface area contributed by atoms with E-state index in [-0.39, 0.29) is 5.91 Å². The number of piperidine rings is 1. The molecule has 1 aliphatic carbocycles. The third-order valence-electron chi connectivity index (χ3n) is 5.68. The van der Waals surface area contributed by atoms with Gasteiger partial charge in [-0.25, -0.2) is 15.0 Å². The van der Waals surface area contributed by atoms with E-state index in [0.717, 1.165) is 41.3 Å². The zero-order valence-corrected chi connectivity index (χ0v) is 14.8. The summed E-state index contributed by atoms with van der Waals surface area (Å²) in [5.74, 6) is 2.65. The molecule has 26 heavy (non-hydrogen) atoms. The number of carbonyl (C=O) groups is 1. The number of nitrogens with two attached hydrogens (primary N) is 1. The second-order valence-electron chi connectivity index (χ2n) is 7.28. The fourth-order valence-electron chi connectivity index (χ4n) is 4.35. The lowest BCUT2D eigenvalue weighted by Gasteiger charge is -2.19. The lowest BCUT2D eigenvalue weighted by Crippen LogP contribution is -2.29. The highest BCUT2D eigenvalue weighted by Gasteiger charge is 2.58. The van der Waals surface area contributed by atoms with Crippen LogP contribution < -0.4 is 5.73 Å². The number of anilines is 1. The predicted octanol–water partition coefficient (Wildman–Crippen LogP) is 2.03. The first-order valence-corrected chi connectivity index (χ1v) is 8.86. The first kappa shape index (κ1) is 15.3. The summed E-state index contributed by atoms with van der Waals surface area (Å²) in [5, 5.41) is 0. The van der Waals surface area contributed by atoms with Gasteiger partial charge in [0, 0.05) is 49.7 Å². The molecule has 5 rings (SSSR count). The smallest absolute Gasteiger partial charge is 0.219 e. The van der Waals surface area contributed by atoms with Gasteiger partial charge in [-0.1, -0.05) is 0 Å². The van der Waals surface area contributed by atoms with Gasteiger partial charge < -0.3 is 15.2 Å². The van der Waals surface area contributed by atoms with Crippen LogP contribution in [0.5, 0.6) is 0 Å². The monoisotopic (exact) mass is 348 g/mol. The number of amides is 1. The van der Waals surface area contributed by atoms with Gasteiger partial charge in [-0.3, -0.25) is 4.79 Å². The normalized spacial score (nSPS) is 24.1. The van der Waals surface area contributed by atoms with Crippen LogP contribution in [0.3, 0.4) is 0 Å². The van der Waals surface area contributed by atoms with Gasteiger partial charge >= 0.3 is 0 Å². The number of pyridine rings is 2. The Morgan fingerprint density at radius 2 is 1.96 bits per heavy atom. The Bertz CT molecular complexity index is 1030. The van der Waals surface area contributed by atoms with E-state index in [9.17, 15) is 4.79 Å². The van der Waals surface area contributed by atoms with Gasteiger partial charge in [0.25, 0.3) is 0 Å². The quantitative estimate of drug-likeness (QED) is 0.765. The Balaban J connectivity index is 1.54. The zero-order chi connectivity index (χ0) is 18.0. The van der Waals surface area contributed by atoms with Gasteiger partial charge in [0.15, 0.2) is 5.65 Å². The SMILES string of the molecule is CC(=O)N1C[C@@H]2[C@H](C1)[C@@H]2n1c(C)nc2ccc(-c3ccnc(N)c3)nc21. The number of nitrogen functional groups attached to an aromatic ring is 1. The third-order valence-corrected chi connectivity index (χ3v) is 5.68. The van der Waals surface area contributed by atoms with E-state index < -0.39 is 0 Å². The number of aromatic nitrogens is 4. The highest BCUT2D eigenvalue weighted by atomic mass is 16.2. The first-order chi connectivity index (χ1) is 12.5. The average Bonchev–Trinajstić information content (AvgIpc) is 2.96. The minimum absolute atomic E-state index is 0.166. The van der Waals surface area contributed by atoms with Gasteiger partial charge in [0.2, 0.25) is 5.91 Å². The molecule has 132 valence electrons. The Labute approximate surface area is 150 Å². The summed E-state index contributed by atoms with van der Waals surface area (Å²) in [7, 11) is 0. The molecule has 1 amide bonds. The number of hydrogen-bond donors (Lipinski definition) is 1. The van der Waals surface area contributed by atoms with Crippen LogP contribution in [0, 0.1) is 18.8 Å². The van der Waals surface area contributed by atoms with Gasteiger partial charge in [0.1, 0.15) is 17.2 Å². The number of likely N-dealkylation sites (tertiary alicyclic amines) is 1.